The van der Waals surface area contributed by atoms with Gasteiger partial charge in [0.25, 0.3) is 5.91 Å². The number of carbonyl (C=O) groups is 3. The van der Waals surface area contributed by atoms with E-state index in [4.69, 9.17) is 18.9 Å². The molecule has 0 N–H and O–H groups in total. The zero-order chi connectivity index (χ0) is 19.8. The molecule has 1 heterocycles. The van der Waals surface area contributed by atoms with Gasteiger partial charge >= 0.3 is 5.97 Å². The Bertz CT molecular complexity index is 686. The number of hydrogen-bond acceptors (Lipinski definition) is 7. The average Bonchev–Trinajstić information content (AvgIpc) is 2.71. The van der Waals surface area contributed by atoms with Crippen LogP contribution in [0.15, 0.2) is 18.2 Å². The molecule has 0 radical (unpaired) electrons. The van der Waals surface area contributed by atoms with Crippen molar-refractivity contribution in [2.75, 3.05) is 60.7 Å². The van der Waals surface area contributed by atoms with Gasteiger partial charge in [-0.25, -0.2) is 4.79 Å². The van der Waals surface area contributed by atoms with E-state index in [1.54, 1.807) is 17.0 Å². The van der Waals surface area contributed by atoms with Gasteiger partial charge in [-0.05, 0) is 12.1 Å². The Balaban J connectivity index is 1.86. The molecule has 1 aliphatic heterocycles. The van der Waals surface area contributed by atoms with Crippen molar-refractivity contribution in [2.24, 2.45) is 0 Å². The SMILES string of the molecule is COc1ccc(C(=O)OCC(=O)N(C)CC(=O)N2CCOCC2)c(OC)c1. The van der Waals surface area contributed by atoms with Gasteiger partial charge in [0.2, 0.25) is 5.91 Å². The van der Waals surface area contributed by atoms with Crippen LogP contribution in [-0.2, 0) is 19.1 Å². The lowest BCUT2D eigenvalue weighted by atomic mass is 10.2. The molecule has 9 nitrogen and oxygen atoms in total. The molecule has 0 aliphatic carbocycles. The van der Waals surface area contributed by atoms with Crippen LogP contribution in [0.5, 0.6) is 11.5 Å². The molecule has 1 fully saturated rings. The molecule has 148 valence electrons. The third-order valence-corrected chi connectivity index (χ3v) is 4.12. The van der Waals surface area contributed by atoms with E-state index in [1.807, 2.05) is 0 Å². The fourth-order valence-corrected chi connectivity index (χ4v) is 2.49. The number of morpholine rings is 1. The third-order valence-electron chi connectivity index (χ3n) is 4.12. The van der Waals surface area contributed by atoms with Crippen molar-refractivity contribution in [3.05, 3.63) is 23.8 Å². The van der Waals surface area contributed by atoms with Crippen LogP contribution >= 0.6 is 0 Å². The first-order valence-electron chi connectivity index (χ1n) is 8.45. The van der Waals surface area contributed by atoms with Gasteiger partial charge in [-0.1, -0.05) is 0 Å². The first-order valence-corrected chi connectivity index (χ1v) is 8.45. The number of ether oxygens (including phenoxy) is 4. The van der Waals surface area contributed by atoms with Crippen LogP contribution in [0.25, 0.3) is 0 Å². The van der Waals surface area contributed by atoms with Gasteiger partial charge in [0, 0.05) is 26.2 Å². The lowest BCUT2D eigenvalue weighted by molar-refractivity contribution is -0.143. The normalized spacial score (nSPS) is 13.7. The summed E-state index contributed by atoms with van der Waals surface area (Å²) in [5.41, 5.74) is 0.179. The van der Waals surface area contributed by atoms with E-state index in [-0.39, 0.29) is 23.8 Å². The van der Waals surface area contributed by atoms with Crippen molar-refractivity contribution >= 4 is 17.8 Å². The summed E-state index contributed by atoms with van der Waals surface area (Å²) in [7, 11) is 4.41. The fourth-order valence-electron chi connectivity index (χ4n) is 2.49. The Kier molecular flexibility index (Phi) is 7.42. The highest BCUT2D eigenvalue weighted by Crippen LogP contribution is 2.25. The van der Waals surface area contributed by atoms with Crippen LogP contribution in [0.1, 0.15) is 10.4 Å². The van der Waals surface area contributed by atoms with E-state index in [9.17, 15) is 14.4 Å². The number of esters is 1. The van der Waals surface area contributed by atoms with E-state index in [1.165, 1.54) is 32.2 Å². The molecular weight excluding hydrogens is 356 g/mol. The minimum absolute atomic E-state index is 0.0811. The number of benzene rings is 1. The third kappa shape index (κ3) is 5.58. The van der Waals surface area contributed by atoms with E-state index in [2.05, 4.69) is 0 Å². The number of amides is 2. The van der Waals surface area contributed by atoms with Gasteiger partial charge in [-0.15, -0.1) is 0 Å². The molecule has 1 aromatic rings. The molecule has 1 saturated heterocycles. The summed E-state index contributed by atoms with van der Waals surface area (Å²) in [4.78, 5) is 39.4. The zero-order valence-corrected chi connectivity index (χ0v) is 15.7. The van der Waals surface area contributed by atoms with Crippen molar-refractivity contribution in [1.82, 2.24) is 9.80 Å². The van der Waals surface area contributed by atoms with Crippen molar-refractivity contribution in [2.45, 2.75) is 0 Å². The maximum Gasteiger partial charge on any atom is 0.342 e. The maximum absolute atomic E-state index is 12.2. The van der Waals surface area contributed by atoms with E-state index >= 15 is 0 Å². The highest BCUT2D eigenvalue weighted by Gasteiger charge is 2.22. The molecule has 2 amide bonds. The largest absolute Gasteiger partial charge is 0.497 e. The van der Waals surface area contributed by atoms with E-state index in [0.717, 1.165) is 0 Å². The Hall–Kier alpha value is -2.81. The summed E-state index contributed by atoms with van der Waals surface area (Å²) in [6.07, 6.45) is 0. The van der Waals surface area contributed by atoms with Crippen molar-refractivity contribution in [3.63, 3.8) is 0 Å². The Labute approximate surface area is 157 Å². The molecule has 0 bridgehead atoms. The Morgan fingerprint density at radius 3 is 2.48 bits per heavy atom. The summed E-state index contributed by atoms with van der Waals surface area (Å²) in [5, 5.41) is 0. The number of methoxy groups -OCH3 is 2. The number of nitrogens with zero attached hydrogens (tertiary/aromatic N) is 2. The van der Waals surface area contributed by atoms with Crippen molar-refractivity contribution < 1.29 is 33.3 Å². The maximum atomic E-state index is 12.2. The molecule has 0 spiro atoms. The average molecular weight is 380 g/mol. The predicted molar refractivity (Wildman–Crippen MR) is 94.9 cm³/mol. The van der Waals surface area contributed by atoms with Gasteiger partial charge in [0.1, 0.15) is 17.1 Å². The van der Waals surface area contributed by atoms with Crippen LogP contribution in [0, 0.1) is 0 Å². The second-order valence-corrected chi connectivity index (χ2v) is 5.89. The monoisotopic (exact) mass is 380 g/mol. The van der Waals surface area contributed by atoms with Crippen LogP contribution < -0.4 is 9.47 Å². The highest BCUT2D eigenvalue weighted by atomic mass is 16.5. The van der Waals surface area contributed by atoms with Crippen molar-refractivity contribution in [3.8, 4) is 11.5 Å². The van der Waals surface area contributed by atoms with E-state index < -0.39 is 18.5 Å². The molecule has 2 rings (SSSR count). The predicted octanol–water partition coefficient (Wildman–Crippen LogP) is 0.178. The topological polar surface area (TPSA) is 94.6 Å². The molecule has 0 unspecified atom stereocenters. The van der Waals surface area contributed by atoms with Gasteiger partial charge in [0.05, 0.1) is 34.0 Å². The van der Waals surface area contributed by atoms with Crippen LogP contribution in [-0.4, -0.2) is 88.3 Å². The van der Waals surface area contributed by atoms with Gasteiger partial charge < -0.3 is 28.7 Å². The second-order valence-electron chi connectivity index (χ2n) is 5.89. The number of rotatable bonds is 7. The first kappa shape index (κ1) is 20.5. The number of likely N-dealkylation sites (N-methyl/N-ethyl adjacent to an activating group) is 1. The zero-order valence-electron chi connectivity index (χ0n) is 15.7. The number of hydrogen-bond donors (Lipinski definition) is 0. The standard InChI is InChI=1S/C18H24N2O7/c1-19(11-16(21)20-6-8-26-9-7-20)17(22)12-27-18(23)14-5-4-13(24-2)10-15(14)25-3/h4-5,10H,6-9,11-12H2,1-3H3. The van der Waals surface area contributed by atoms with Crippen molar-refractivity contribution in [1.29, 1.82) is 0 Å². The molecular formula is C18H24N2O7. The fraction of sp³-hybridized carbons (Fsp3) is 0.500. The molecule has 1 aromatic carbocycles. The smallest absolute Gasteiger partial charge is 0.342 e. The first-order chi connectivity index (χ1) is 13.0. The van der Waals surface area contributed by atoms with Crippen LogP contribution in [0.3, 0.4) is 0 Å². The summed E-state index contributed by atoms with van der Waals surface area (Å²) in [5.74, 6) is -0.533. The quantitative estimate of drug-likeness (QED) is 0.623. The Morgan fingerprint density at radius 1 is 1.15 bits per heavy atom. The highest BCUT2D eigenvalue weighted by molar-refractivity contribution is 5.94. The lowest BCUT2D eigenvalue weighted by Crippen LogP contribution is -2.46. The second kappa shape index (κ2) is 9.77. The lowest BCUT2D eigenvalue weighted by Gasteiger charge is -2.28. The minimum atomic E-state index is -0.698. The number of carbonyl (C=O) groups excluding carboxylic acids is 3. The van der Waals surface area contributed by atoms with Crippen LogP contribution in [0.4, 0.5) is 0 Å². The molecule has 9 heteroatoms. The summed E-state index contributed by atoms with van der Waals surface area (Å²) >= 11 is 0. The summed E-state index contributed by atoms with van der Waals surface area (Å²) < 4.78 is 20.5. The molecule has 0 saturated carbocycles. The Morgan fingerprint density at radius 2 is 1.85 bits per heavy atom. The molecule has 0 atom stereocenters. The van der Waals surface area contributed by atoms with Gasteiger partial charge in [-0.2, -0.15) is 0 Å². The molecule has 1 aliphatic rings. The molecule has 0 aromatic heterocycles. The minimum Gasteiger partial charge on any atom is -0.497 e. The van der Waals surface area contributed by atoms with Gasteiger partial charge in [0.15, 0.2) is 6.61 Å². The molecule has 27 heavy (non-hydrogen) atoms. The summed E-state index contributed by atoms with van der Waals surface area (Å²) in [6.45, 7) is 1.44. The van der Waals surface area contributed by atoms with E-state index in [0.29, 0.717) is 32.1 Å². The summed E-state index contributed by atoms with van der Waals surface area (Å²) in [6, 6.07) is 4.63. The van der Waals surface area contributed by atoms with Gasteiger partial charge in [-0.3, -0.25) is 9.59 Å². The van der Waals surface area contributed by atoms with Crippen LogP contribution in [0.2, 0.25) is 0 Å².